The first-order chi connectivity index (χ1) is 8.29. The predicted molar refractivity (Wildman–Crippen MR) is 67.3 cm³/mol. The third kappa shape index (κ3) is 4.29. The van der Waals surface area contributed by atoms with Crippen molar-refractivity contribution in [1.82, 2.24) is 5.32 Å². The monoisotopic (exact) mass is 231 g/mol. The maximum Gasteiger partial charge on any atom is 0.253 e. The predicted octanol–water partition coefficient (Wildman–Crippen LogP) is 1.90. The average Bonchev–Trinajstić information content (AvgIpc) is 2.37. The Hall–Kier alpha value is -1.79. The van der Waals surface area contributed by atoms with E-state index in [0.717, 1.165) is 5.56 Å². The van der Waals surface area contributed by atoms with Gasteiger partial charge in [0, 0.05) is 20.1 Å². The molecule has 0 radical (unpaired) electrons. The molecule has 0 aromatic heterocycles. The first kappa shape index (κ1) is 13.3. The molecule has 90 valence electrons. The summed E-state index contributed by atoms with van der Waals surface area (Å²) in [5.41, 5.74) is 0.856. The Morgan fingerprint density at radius 1 is 1.41 bits per heavy atom. The van der Waals surface area contributed by atoms with Crippen LogP contribution in [0.2, 0.25) is 0 Å². The van der Waals surface area contributed by atoms with Crippen LogP contribution in [-0.2, 0) is 9.53 Å². The molecule has 3 heteroatoms. The molecular formula is C14H17NO2. The van der Waals surface area contributed by atoms with Crippen LogP contribution in [0.4, 0.5) is 0 Å². The zero-order valence-corrected chi connectivity index (χ0v) is 10.2. The fourth-order valence-corrected chi connectivity index (χ4v) is 1.49. The number of amides is 1. The summed E-state index contributed by atoms with van der Waals surface area (Å²) in [7, 11) is 1.53. The molecule has 1 N–H and O–H groups in total. The lowest BCUT2D eigenvalue weighted by molar-refractivity contribution is -0.131. The summed E-state index contributed by atoms with van der Waals surface area (Å²) in [5.74, 6) is 5.55. The van der Waals surface area contributed by atoms with Gasteiger partial charge in [-0.3, -0.25) is 4.79 Å². The van der Waals surface area contributed by atoms with Crippen LogP contribution in [0.3, 0.4) is 0 Å². The van der Waals surface area contributed by atoms with E-state index in [1.807, 2.05) is 30.3 Å². The molecule has 0 heterocycles. The van der Waals surface area contributed by atoms with Crippen molar-refractivity contribution < 1.29 is 9.53 Å². The van der Waals surface area contributed by atoms with Crippen molar-refractivity contribution in [2.24, 2.45) is 0 Å². The molecule has 0 aliphatic rings. The van der Waals surface area contributed by atoms with Gasteiger partial charge >= 0.3 is 0 Å². The second kappa shape index (κ2) is 7.48. The zero-order chi connectivity index (χ0) is 12.5. The first-order valence-electron chi connectivity index (χ1n) is 5.54. The summed E-state index contributed by atoms with van der Waals surface area (Å²) in [6, 6.07) is 9.43. The summed E-state index contributed by atoms with van der Waals surface area (Å²) < 4.78 is 5.21. The first-order valence-corrected chi connectivity index (χ1v) is 5.54. The quantitative estimate of drug-likeness (QED) is 0.621. The lowest BCUT2D eigenvalue weighted by atomic mass is 10.1. The molecule has 1 rings (SSSR count). The van der Waals surface area contributed by atoms with Crippen LogP contribution >= 0.6 is 0 Å². The van der Waals surface area contributed by atoms with Gasteiger partial charge < -0.3 is 10.1 Å². The third-order valence-corrected chi connectivity index (χ3v) is 2.30. The van der Waals surface area contributed by atoms with Crippen molar-refractivity contribution >= 4 is 5.91 Å². The number of carbonyl (C=O) groups is 1. The number of ether oxygens (including phenoxy) is 1. The molecule has 1 aromatic carbocycles. The lowest BCUT2D eigenvalue weighted by Gasteiger charge is -2.14. The Labute approximate surface area is 102 Å². The van der Waals surface area contributed by atoms with E-state index < -0.39 is 6.10 Å². The molecule has 0 bridgehead atoms. The summed E-state index contributed by atoms with van der Waals surface area (Å²) in [6.07, 6.45) is 0.110. The van der Waals surface area contributed by atoms with Gasteiger partial charge in [-0.2, -0.15) is 0 Å². The Morgan fingerprint density at radius 2 is 2.12 bits per heavy atom. The largest absolute Gasteiger partial charge is 0.367 e. The lowest BCUT2D eigenvalue weighted by Crippen LogP contribution is -2.31. The highest BCUT2D eigenvalue weighted by Crippen LogP contribution is 2.15. The van der Waals surface area contributed by atoms with Gasteiger partial charge in [0.15, 0.2) is 6.10 Å². The molecule has 0 spiro atoms. The standard InChI is InChI=1S/C14H17NO2/c1-3-4-8-11-15-14(16)13(17-2)12-9-6-5-7-10-12/h5-7,9-10,13H,8,11H2,1-2H3,(H,15,16). The number of rotatable bonds is 5. The smallest absolute Gasteiger partial charge is 0.253 e. The second-order valence-corrected chi connectivity index (χ2v) is 3.49. The van der Waals surface area contributed by atoms with E-state index in [0.29, 0.717) is 13.0 Å². The van der Waals surface area contributed by atoms with E-state index in [9.17, 15) is 4.79 Å². The minimum atomic E-state index is -0.550. The van der Waals surface area contributed by atoms with Gasteiger partial charge in [-0.05, 0) is 12.5 Å². The molecule has 0 fully saturated rings. The van der Waals surface area contributed by atoms with Gasteiger partial charge in [0.25, 0.3) is 5.91 Å². The number of nitrogens with one attached hydrogen (secondary N) is 1. The van der Waals surface area contributed by atoms with Crippen LogP contribution in [0.15, 0.2) is 30.3 Å². The highest BCUT2D eigenvalue weighted by atomic mass is 16.5. The van der Waals surface area contributed by atoms with Gasteiger partial charge in [-0.15, -0.1) is 11.8 Å². The van der Waals surface area contributed by atoms with Gasteiger partial charge in [-0.1, -0.05) is 30.3 Å². The summed E-state index contributed by atoms with van der Waals surface area (Å²) in [4.78, 5) is 11.9. The van der Waals surface area contributed by atoms with Gasteiger partial charge in [0.05, 0.1) is 0 Å². The van der Waals surface area contributed by atoms with Crippen molar-refractivity contribution in [3.63, 3.8) is 0 Å². The van der Waals surface area contributed by atoms with Gasteiger partial charge in [0.1, 0.15) is 0 Å². The number of hydrogen-bond donors (Lipinski definition) is 1. The third-order valence-electron chi connectivity index (χ3n) is 2.30. The molecule has 1 unspecified atom stereocenters. The van der Waals surface area contributed by atoms with Gasteiger partial charge in [0.2, 0.25) is 0 Å². The molecule has 0 saturated heterocycles. The van der Waals surface area contributed by atoms with E-state index in [1.54, 1.807) is 6.92 Å². The molecule has 1 atom stereocenters. The fraction of sp³-hybridized carbons (Fsp3) is 0.357. The SMILES string of the molecule is CC#CCCNC(=O)C(OC)c1ccccc1. The minimum absolute atomic E-state index is 0.128. The zero-order valence-electron chi connectivity index (χ0n) is 10.2. The van der Waals surface area contributed by atoms with E-state index in [4.69, 9.17) is 4.74 Å². The normalized spacial score (nSPS) is 11.2. The van der Waals surface area contributed by atoms with Crippen LogP contribution in [0.25, 0.3) is 0 Å². The second-order valence-electron chi connectivity index (χ2n) is 3.49. The molecule has 17 heavy (non-hydrogen) atoms. The van der Waals surface area contributed by atoms with Crippen LogP contribution in [0, 0.1) is 11.8 Å². The minimum Gasteiger partial charge on any atom is -0.367 e. The number of hydrogen-bond acceptors (Lipinski definition) is 2. The van der Waals surface area contributed by atoms with Crippen molar-refractivity contribution in [3.8, 4) is 11.8 Å². The van der Waals surface area contributed by atoms with Crippen molar-refractivity contribution in [1.29, 1.82) is 0 Å². The van der Waals surface area contributed by atoms with Crippen molar-refractivity contribution in [2.75, 3.05) is 13.7 Å². The maximum atomic E-state index is 11.9. The topological polar surface area (TPSA) is 38.3 Å². The van der Waals surface area contributed by atoms with E-state index in [2.05, 4.69) is 17.2 Å². The number of methoxy groups -OCH3 is 1. The Kier molecular flexibility index (Phi) is 5.84. The maximum absolute atomic E-state index is 11.9. The van der Waals surface area contributed by atoms with E-state index >= 15 is 0 Å². The molecule has 0 saturated carbocycles. The summed E-state index contributed by atoms with van der Waals surface area (Å²) >= 11 is 0. The van der Waals surface area contributed by atoms with Crippen LogP contribution < -0.4 is 5.32 Å². The van der Waals surface area contributed by atoms with Crippen molar-refractivity contribution in [2.45, 2.75) is 19.4 Å². The Morgan fingerprint density at radius 3 is 2.71 bits per heavy atom. The summed E-state index contributed by atoms with van der Waals surface area (Å²) in [6.45, 7) is 2.33. The van der Waals surface area contributed by atoms with E-state index in [1.165, 1.54) is 7.11 Å². The van der Waals surface area contributed by atoms with Gasteiger partial charge in [-0.25, -0.2) is 0 Å². The van der Waals surface area contributed by atoms with Crippen LogP contribution in [0.5, 0.6) is 0 Å². The van der Waals surface area contributed by atoms with Crippen LogP contribution in [0.1, 0.15) is 25.0 Å². The summed E-state index contributed by atoms with van der Waals surface area (Å²) in [5, 5.41) is 2.80. The van der Waals surface area contributed by atoms with Crippen molar-refractivity contribution in [3.05, 3.63) is 35.9 Å². The molecular weight excluding hydrogens is 214 g/mol. The number of carbonyl (C=O) groups excluding carboxylic acids is 1. The Bertz CT molecular complexity index is 403. The van der Waals surface area contributed by atoms with Crippen LogP contribution in [-0.4, -0.2) is 19.6 Å². The molecule has 3 nitrogen and oxygen atoms in total. The molecule has 1 amide bonds. The highest BCUT2D eigenvalue weighted by Gasteiger charge is 2.18. The average molecular weight is 231 g/mol. The highest BCUT2D eigenvalue weighted by molar-refractivity contribution is 5.82. The van der Waals surface area contributed by atoms with E-state index in [-0.39, 0.29) is 5.91 Å². The molecule has 1 aromatic rings. The fourth-order valence-electron chi connectivity index (χ4n) is 1.49. The molecule has 0 aliphatic heterocycles. The Balaban J connectivity index is 2.55. The molecule has 0 aliphatic carbocycles. The number of benzene rings is 1.